The van der Waals surface area contributed by atoms with E-state index in [1.54, 1.807) is 9.80 Å². The van der Waals surface area contributed by atoms with Gasteiger partial charge in [0, 0.05) is 24.3 Å². The Labute approximate surface area is 119 Å². The van der Waals surface area contributed by atoms with Gasteiger partial charge in [0.1, 0.15) is 6.54 Å². The molecule has 1 saturated heterocycles. The van der Waals surface area contributed by atoms with Crippen LogP contribution in [-0.4, -0.2) is 42.0 Å². The van der Waals surface area contributed by atoms with E-state index in [0.29, 0.717) is 13.1 Å². The SMILES string of the molecule is CC(C)(C)NC(=O)N1CCN(c2ccccc2)C(=O)C1. The van der Waals surface area contributed by atoms with Crippen molar-refractivity contribution in [3.8, 4) is 0 Å². The van der Waals surface area contributed by atoms with Crippen LogP contribution in [0.3, 0.4) is 0 Å². The number of hydrogen-bond acceptors (Lipinski definition) is 2. The van der Waals surface area contributed by atoms with E-state index in [0.717, 1.165) is 5.69 Å². The van der Waals surface area contributed by atoms with E-state index in [1.165, 1.54) is 0 Å². The van der Waals surface area contributed by atoms with Gasteiger partial charge in [-0.1, -0.05) is 18.2 Å². The van der Waals surface area contributed by atoms with Gasteiger partial charge >= 0.3 is 6.03 Å². The molecule has 1 aliphatic heterocycles. The Bertz CT molecular complexity index is 494. The van der Waals surface area contributed by atoms with Crippen molar-refractivity contribution in [1.29, 1.82) is 0 Å². The molecule has 0 aliphatic carbocycles. The lowest BCUT2D eigenvalue weighted by atomic mass is 10.1. The third-order valence-electron chi connectivity index (χ3n) is 3.06. The molecule has 0 bridgehead atoms. The molecular formula is C15H21N3O2. The standard InChI is InChI=1S/C15H21N3O2/c1-15(2,3)16-14(20)17-9-10-18(13(19)11-17)12-7-5-4-6-8-12/h4-8H,9-11H2,1-3H3,(H,16,20). The van der Waals surface area contributed by atoms with Gasteiger partial charge < -0.3 is 15.1 Å². The molecule has 1 aliphatic rings. The van der Waals surface area contributed by atoms with Crippen LogP contribution in [0.15, 0.2) is 30.3 Å². The lowest BCUT2D eigenvalue weighted by Crippen LogP contribution is -2.57. The van der Waals surface area contributed by atoms with Crippen LogP contribution in [-0.2, 0) is 4.79 Å². The minimum Gasteiger partial charge on any atom is -0.333 e. The first-order valence-corrected chi connectivity index (χ1v) is 6.79. The summed E-state index contributed by atoms with van der Waals surface area (Å²) in [5.41, 5.74) is 0.588. The van der Waals surface area contributed by atoms with Crippen molar-refractivity contribution in [3.63, 3.8) is 0 Å². The molecule has 5 nitrogen and oxygen atoms in total. The molecule has 1 N–H and O–H groups in total. The minimum absolute atomic E-state index is 0.0495. The molecule has 0 atom stereocenters. The van der Waals surface area contributed by atoms with Gasteiger partial charge in [-0.15, -0.1) is 0 Å². The fourth-order valence-electron chi connectivity index (χ4n) is 2.13. The number of carbonyl (C=O) groups is 2. The lowest BCUT2D eigenvalue weighted by molar-refractivity contribution is -0.120. The molecule has 108 valence electrons. The number of amides is 3. The van der Waals surface area contributed by atoms with E-state index in [4.69, 9.17) is 0 Å². The Hall–Kier alpha value is -2.04. The molecule has 1 aromatic carbocycles. The second kappa shape index (κ2) is 5.53. The van der Waals surface area contributed by atoms with Crippen molar-refractivity contribution in [2.24, 2.45) is 0 Å². The molecule has 3 amide bonds. The van der Waals surface area contributed by atoms with Crippen molar-refractivity contribution in [2.45, 2.75) is 26.3 Å². The lowest BCUT2D eigenvalue weighted by Gasteiger charge is -2.35. The first-order valence-electron chi connectivity index (χ1n) is 6.79. The van der Waals surface area contributed by atoms with Gasteiger partial charge in [-0.3, -0.25) is 4.79 Å². The summed E-state index contributed by atoms with van der Waals surface area (Å²) in [6, 6.07) is 9.35. The number of anilines is 1. The Balaban J connectivity index is 1.99. The predicted octanol–water partition coefficient (Wildman–Crippen LogP) is 1.84. The monoisotopic (exact) mass is 275 g/mol. The summed E-state index contributed by atoms with van der Waals surface area (Å²) in [5, 5.41) is 2.88. The Morgan fingerprint density at radius 3 is 2.35 bits per heavy atom. The maximum Gasteiger partial charge on any atom is 0.318 e. The number of hydrogen-bond donors (Lipinski definition) is 1. The van der Waals surface area contributed by atoms with Gasteiger partial charge in [-0.05, 0) is 32.9 Å². The Morgan fingerprint density at radius 1 is 1.15 bits per heavy atom. The van der Waals surface area contributed by atoms with Crippen LogP contribution < -0.4 is 10.2 Å². The van der Waals surface area contributed by atoms with Gasteiger partial charge in [0.25, 0.3) is 0 Å². The molecule has 1 fully saturated rings. The average molecular weight is 275 g/mol. The number of benzene rings is 1. The van der Waals surface area contributed by atoms with Crippen LogP contribution in [0.25, 0.3) is 0 Å². The summed E-state index contributed by atoms with van der Waals surface area (Å²) < 4.78 is 0. The van der Waals surface area contributed by atoms with Crippen LogP contribution in [0.4, 0.5) is 10.5 Å². The summed E-state index contributed by atoms with van der Waals surface area (Å²) in [7, 11) is 0. The molecule has 0 unspecified atom stereocenters. The van der Waals surface area contributed by atoms with E-state index < -0.39 is 0 Å². The number of nitrogens with zero attached hydrogens (tertiary/aromatic N) is 2. The van der Waals surface area contributed by atoms with E-state index in [2.05, 4.69) is 5.32 Å². The van der Waals surface area contributed by atoms with Crippen LogP contribution in [0.1, 0.15) is 20.8 Å². The fourth-order valence-corrected chi connectivity index (χ4v) is 2.13. The highest BCUT2D eigenvalue weighted by molar-refractivity contribution is 5.97. The smallest absolute Gasteiger partial charge is 0.318 e. The predicted molar refractivity (Wildman–Crippen MR) is 78.7 cm³/mol. The summed E-state index contributed by atoms with van der Waals surface area (Å²) in [6.07, 6.45) is 0. The number of piperazine rings is 1. The second-order valence-electron chi connectivity index (χ2n) is 5.98. The number of nitrogens with one attached hydrogen (secondary N) is 1. The molecule has 0 aromatic heterocycles. The molecule has 0 saturated carbocycles. The minimum atomic E-state index is -0.295. The quantitative estimate of drug-likeness (QED) is 0.850. The molecule has 20 heavy (non-hydrogen) atoms. The van der Waals surface area contributed by atoms with Gasteiger partial charge in [0.05, 0.1) is 0 Å². The molecule has 0 spiro atoms. The highest BCUT2D eigenvalue weighted by atomic mass is 16.2. The maximum absolute atomic E-state index is 12.2. The first kappa shape index (κ1) is 14.4. The number of rotatable bonds is 1. The van der Waals surface area contributed by atoms with Crippen LogP contribution in [0.2, 0.25) is 0 Å². The Morgan fingerprint density at radius 2 is 1.80 bits per heavy atom. The largest absolute Gasteiger partial charge is 0.333 e. The topological polar surface area (TPSA) is 52.7 Å². The molecular weight excluding hydrogens is 254 g/mol. The van der Waals surface area contributed by atoms with Crippen molar-refractivity contribution < 1.29 is 9.59 Å². The molecule has 5 heteroatoms. The molecule has 1 aromatic rings. The summed E-state index contributed by atoms with van der Waals surface area (Å²) in [6.45, 7) is 6.96. The van der Waals surface area contributed by atoms with Crippen molar-refractivity contribution in [3.05, 3.63) is 30.3 Å². The summed E-state index contributed by atoms with van der Waals surface area (Å²) >= 11 is 0. The van der Waals surface area contributed by atoms with Gasteiger partial charge in [0.15, 0.2) is 0 Å². The number of para-hydroxylation sites is 1. The number of urea groups is 1. The molecule has 2 rings (SSSR count). The average Bonchev–Trinajstić information content (AvgIpc) is 2.37. The maximum atomic E-state index is 12.2. The summed E-state index contributed by atoms with van der Waals surface area (Å²) in [4.78, 5) is 27.5. The normalized spacial score (nSPS) is 16.2. The van der Waals surface area contributed by atoms with Gasteiger partial charge in [-0.25, -0.2) is 4.79 Å². The van der Waals surface area contributed by atoms with E-state index >= 15 is 0 Å². The van der Waals surface area contributed by atoms with E-state index in [9.17, 15) is 9.59 Å². The van der Waals surface area contributed by atoms with E-state index in [-0.39, 0.29) is 24.0 Å². The third-order valence-corrected chi connectivity index (χ3v) is 3.06. The van der Waals surface area contributed by atoms with Gasteiger partial charge in [0.2, 0.25) is 5.91 Å². The zero-order chi connectivity index (χ0) is 14.8. The molecule has 0 radical (unpaired) electrons. The zero-order valence-corrected chi connectivity index (χ0v) is 12.2. The first-order chi connectivity index (χ1) is 9.37. The highest BCUT2D eigenvalue weighted by Crippen LogP contribution is 2.16. The van der Waals surface area contributed by atoms with Crippen molar-refractivity contribution >= 4 is 17.6 Å². The fraction of sp³-hybridized carbons (Fsp3) is 0.467. The second-order valence-corrected chi connectivity index (χ2v) is 5.98. The Kier molecular flexibility index (Phi) is 3.97. The van der Waals surface area contributed by atoms with Crippen LogP contribution >= 0.6 is 0 Å². The molecule has 1 heterocycles. The zero-order valence-electron chi connectivity index (χ0n) is 12.2. The van der Waals surface area contributed by atoms with Gasteiger partial charge in [-0.2, -0.15) is 0 Å². The van der Waals surface area contributed by atoms with Crippen molar-refractivity contribution in [2.75, 3.05) is 24.5 Å². The van der Waals surface area contributed by atoms with E-state index in [1.807, 2.05) is 51.1 Å². The van der Waals surface area contributed by atoms with Crippen LogP contribution in [0, 0.1) is 0 Å². The van der Waals surface area contributed by atoms with Crippen LogP contribution in [0.5, 0.6) is 0 Å². The highest BCUT2D eigenvalue weighted by Gasteiger charge is 2.29. The third kappa shape index (κ3) is 3.50. The number of carbonyl (C=O) groups excluding carboxylic acids is 2. The summed E-state index contributed by atoms with van der Waals surface area (Å²) in [5.74, 6) is -0.0495. The van der Waals surface area contributed by atoms with Crippen molar-refractivity contribution in [1.82, 2.24) is 10.2 Å².